The summed E-state index contributed by atoms with van der Waals surface area (Å²) in [5, 5.41) is 5.44. The molecular formula is C15H22N2O4S. The monoisotopic (exact) mass is 326 g/mol. The number of carbonyl (C=O) groups is 2. The highest BCUT2D eigenvalue weighted by Gasteiger charge is 2.09. The summed E-state index contributed by atoms with van der Waals surface area (Å²) in [7, 11) is -3.05. The Morgan fingerprint density at radius 1 is 1.18 bits per heavy atom. The number of carbonyl (C=O) groups excluding carboxylic acids is 2. The summed E-state index contributed by atoms with van der Waals surface area (Å²) in [4.78, 5) is 23.0. The standard InChI is InChI=1S/C15H22N2O4S/c1-4-12-7-8-13(16-11(2)18)10-14(12)17-15(19)6-5-9-22(3,20)21/h7-8,10H,4-6,9H2,1-3H3,(H,16,18)(H,17,19). The molecule has 1 rings (SSSR count). The van der Waals surface area contributed by atoms with Crippen molar-refractivity contribution < 1.29 is 18.0 Å². The second-order valence-corrected chi connectivity index (χ2v) is 7.45. The fourth-order valence-electron chi connectivity index (χ4n) is 1.99. The normalized spacial score (nSPS) is 11.0. The first-order valence-electron chi connectivity index (χ1n) is 7.09. The van der Waals surface area contributed by atoms with Crippen LogP contribution in [0, 0.1) is 0 Å². The molecular weight excluding hydrogens is 304 g/mol. The Morgan fingerprint density at radius 3 is 2.41 bits per heavy atom. The molecule has 2 N–H and O–H groups in total. The third kappa shape index (κ3) is 6.71. The first kappa shape index (κ1) is 18.2. The molecule has 0 atom stereocenters. The van der Waals surface area contributed by atoms with Gasteiger partial charge in [-0.3, -0.25) is 9.59 Å². The Morgan fingerprint density at radius 2 is 1.86 bits per heavy atom. The van der Waals surface area contributed by atoms with Crippen molar-refractivity contribution in [2.24, 2.45) is 0 Å². The molecule has 0 aromatic heterocycles. The summed E-state index contributed by atoms with van der Waals surface area (Å²) in [5.41, 5.74) is 2.19. The summed E-state index contributed by atoms with van der Waals surface area (Å²) in [5.74, 6) is -0.430. The van der Waals surface area contributed by atoms with Crippen molar-refractivity contribution in [2.75, 3.05) is 22.6 Å². The first-order chi connectivity index (χ1) is 10.2. The number of benzene rings is 1. The van der Waals surface area contributed by atoms with Gasteiger partial charge >= 0.3 is 0 Å². The Bertz CT molecular complexity index is 654. The lowest BCUT2D eigenvalue weighted by Gasteiger charge is -2.12. The van der Waals surface area contributed by atoms with E-state index in [9.17, 15) is 18.0 Å². The molecule has 6 nitrogen and oxygen atoms in total. The fourth-order valence-corrected chi connectivity index (χ4v) is 2.66. The van der Waals surface area contributed by atoms with Gasteiger partial charge < -0.3 is 10.6 Å². The van der Waals surface area contributed by atoms with Crippen LogP contribution in [0.1, 0.15) is 32.3 Å². The minimum absolute atomic E-state index is 0.00696. The van der Waals surface area contributed by atoms with Crippen molar-refractivity contribution in [3.63, 3.8) is 0 Å². The van der Waals surface area contributed by atoms with Gasteiger partial charge in [0.25, 0.3) is 0 Å². The zero-order chi connectivity index (χ0) is 16.8. The van der Waals surface area contributed by atoms with Crippen LogP contribution in [0.2, 0.25) is 0 Å². The summed E-state index contributed by atoms with van der Waals surface area (Å²) in [6, 6.07) is 5.33. The van der Waals surface area contributed by atoms with Crippen molar-refractivity contribution in [2.45, 2.75) is 33.1 Å². The van der Waals surface area contributed by atoms with Gasteiger partial charge in [0.15, 0.2) is 0 Å². The van der Waals surface area contributed by atoms with E-state index in [1.54, 1.807) is 12.1 Å². The van der Waals surface area contributed by atoms with Gasteiger partial charge in [-0.15, -0.1) is 0 Å². The molecule has 0 aliphatic rings. The molecule has 0 bridgehead atoms. The number of hydrogen-bond donors (Lipinski definition) is 2. The maximum absolute atomic E-state index is 11.9. The van der Waals surface area contributed by atoms with Crippen LogP contribution in [0.4, 0.5) is 11.4 Å². The first-order valence-corrected chi connectivity index (χ1v) is 9.15. The second kappa shape index (κ2) is 7.93. The molecule has 22 heavy (non-hydrogen) atoms. The van der Waals surface area contributed by atoms with E-state index in [0.29, 0.717) is 11.4 Å². The predicted molar refractivity (Wildman–Crippen MR) is 87.7 cm³/mol. The van der Waals surface area contributed by atoms with Crippen molar-refractivity contribution in [1.29, 1.82) is 0 Å². The van der Waals surface area contributed by atoms with Gasteiger partial charge in [0.05, 0.1) is 5.75 Å². The van der Waals surface area contributed by atoms with Crippen molar-refractivity contribution >= 4 is 33.0 Å². The molecule has 0 unspecified atom stereocenters. The van der Waals surface area contributed by atoms with Crippen LogP contribution >= 0.6 is 0 Å². The molecule has 2 amide bonds. The van der Waals surface area contributed by atoms with E-state index in [4.69, 9.17) is 0 Å². The summed E-state index contributed by atoms with van der Waals surface area (Å²) >= 11 is 0. The lowest BCUT2D eigenvalue weighted by molar-refractivity contribution is -0.116. The highest BCUT2D eigenvalue weighted by Crippen LogP contribution is 2.22. The highest BCUT2D eigenvalue weighted by molar-refractivity contribution is 7.90. The number of amides is 2. The van der Waals surface area contributed by atoms with Crippen LogP contribution in [-0.2, 0) is 25.8 Å². The van der Waals surface area contributed by atoms with Crippen molar-refractivity contribution in [3.8, 4) is 0 Å². The van der Waals surface area contributed by atoms with Crippen molar-refractivity contribution in [1.82, 2.24) is 0 Å². The SMILES string of the molecule is CCc1ccc(NC(C)=O)cc1NC(=O)CCCS(C)(=O)=O. The highest BCUT2D eigenvalue weighted by atomic mass is 32.2. The number of rotatable bonds is 7. The van der Waals surface area contributed by atoms with Gasteiger partial charge in [-0.25, -0.2) is 8.42 Å². The average Bonchev–Trinajstić information content (AvgIpc) is 2.36. The molecule has 0 radical (unpaired) electrons. The van der Waals surface area contributed by atoms with Gasteiger partial charge in [0.2, 0.25) is 11.8 Å². The molecule has 0 aliphatic carbocycles. The quantitative estimate of drug-likeness (QED) is 0.801. The largest absolute Gasteiger partial charge is 0.326 e. The van der Waals surface area contributed by atoms with E-state index in [0.717, 1.165) is 18.2 Å². The summed E-state index contributed by atoms with van der Waals surface area (Å²) in [6.45, 7) is 3.38. The van der Waals surface area contributed by atoms with Crippen LogP contribution in [0.5, 0.6) is 0 Å². The van der Waals surface area contributed by atoms with Crippen molar-refractivity contribution in [3.05, 3.63) is 23.8 Å². The lowest BCUT2D eigenvalue weighted by atomic mass is 10.1. The van der Waals surface area contributed by atoms with Gasteiger partial charge in [0, 0.05) is 31.0 Å². The number of hydrogen-bond acceptors (Lipinski definition) is 4. The third-order valence-electron chi connectivity index (χ3n) is 3.00. The van der Waals surface area contributed by atoms with E-state index in [-0.39, 0.29) is 30.4 Å². The average molecular weight is 326 g/mol. The molecule has 1 aromatic rings. The molecule has 0 saturated heterocycles. The van der Waals surface area contributed by atoms with Gasteiger partial charge in [-0.1, -0.05) is 13.0 Å². The van der Waals surface area contributed by atoms with Crippen LogP contribution in [-0.4, -0.2) is 32.2 Å². The molecule has 0 saturated carbocycles. The van der Waals surface area contributed by atoms with E-state index < -0.39 is 9.84 Å². The van der Waals surface area contributed by atoms with Crippen LogP contribution in [0.25, 0.3) is 0 Å². The lowest BCUT2D eigenvalue weighted by Crippen LogP contribution is -2.15. The van der Waals surface area contributed by atoms with Crippen LogP contribution in [0.15, 0.2) is 18.2 Å². The molecule has 0 heterocycles. The van der Waals surface area contributed by atoms with Gasteiger partial charge in [-0.05, 0) is 30.5 Å². The molecule has 0 aliphatic heterocycles. The number of sulfone groups is 1. The van der Waals surface area contributed by atoms with E-state index >= 15 is 0 Å². The Kier molecular flexibility index (Phi) is 6.55. The number of aryl methyl sites for hydroxylation is 1. The minimum atomic E-state index is -3.05. The fraction of sp³-hybridized carbons (Fsp3) is 0.467. The molecule has 0 fully saturated rings. The Labute approximate surface area is 131 Å². The van der Waals surface area contributed by atoms with Crippen LogP contribution in [0.3, 0.4) is 0 Å². The predicted octanol–water partition coefficient (Wildman–Crippen LogP) is 1.97. The maximum Gasteiger partial charge on any atom is 0.224 e. The summed E-state index contributed by atoms with van der Waals surface area (Å²) in [6.07, 6.45) is 2.31. The van der Waals surface area contributed by atoms with E-state index in [1.807, 2.05) is 13.0 Å². The van der Waals surface area contributed by atoms with Gasteiger partial charge in [-0.2, -0.15) is 0 Å². The Balaban J connectivity index is 2.73. The second-order valence-electron chi connectivity index (χ2n) is 5.19. The third-order valence-corrected chi connectivity index (χ3v) is 4.03. The number of anilines is 2. The van der Waals surface area contributed by atoms with E-state index in [2.05, 4.69) is 10.6 Å². The molecule has 0 spiro atoms. The zero-order valence-electron chi connectivity index (χ0n) is 13.1. The van der Waals surface area contributed by atoms with E-state index in [1.165, 1.54) is 6.92 Å². The summed E-state index contributed by atoms with van der Waals surface area (Å²) < 4.78 is 22.1. The van der Waals surface area contributed by atoms with Gasteiger partial charge in [0.1, 0.15) is 9.84 Å². The molecule has 7 heteroatoms. The minimum Gasteiger partial charge on any atom is -0.326 e. The smallest absolute Gasteiger partial charge is 0.224 e. The van der Waals surface area contributed by atoms with Crippen LogP contribution < -0.4 is 10.6 Å². The Hall–Kier alpha value is -1.89. The topological polar surface area (TPSA) is 92.3 Å². The molecule has 122 valence electrons. The zero-order valence-corrected chi connectivity index (χ0v) is 13.9. The number of nitrogens with one attached hydrogen (secondary N) is 2. The molecule has 1 aromatic carbocycles. The maximum atomic E-state index is 11.9.